The van der Waals surface area contributed by atoms with E-state index >= 15 is 0 Å². The topological polar surface area (TPSA) is 119 Å². The first-order chi connectivity index (χ1) is 18.4. The molecule has 1 aliphatic carbocycles. The number of pyridine rings is 1. The van der Waals surface area contributed by atoms with Gasteiger partial charge in [0.25, 0.3) is 0 Å². The van der Waals surface area contributed by atoms with Crippen molar-refractivity contribution in [2.75, 3.05) is 11.1 Å². The Kier molecular flexibility index (Phi) is 5.72. The molecule has 3 aromatic heterocycles. The van der Waals surface area contributed by atoms with Crippen LogP contribution in [-0.2, 0) is 22.3 Å². The summed E-state index contributed by atoms with van der Waals surface area (Å²) in [6.45, 7) is 3.10. The average Bonchev–Trinajstić information content (AvgIpc) is 3.40. The van der Waals surface area contributed by atoms with Gasteiger partial charge >= 0.3 is 6.18 Å². The standard InChI is InChI=1S/C26H23ClF3N7O2/c1-11-3-4-18(27)34-23(11)35-25(39)17-7-13-6-16(13)37(17)19(38)9-36-21-12(2)5-14(26(28,29)30)8-15(21)20-22(31)32-10-33-24(20)36/h3-5,8,10,13,16-17H,6-7,9H2,1-2H3,(H2,31,32,33)(H,34,35,39)/t13?,16-,17+/m1/s1. The molecule has 0 radical (unpaired) electrons. The number of carbonyl (C=O) groups is 2. The number of rotatable bonds is 4. The van der Waals surface area contributed by atoms with Crippen LogP contribution in [0.4, 0.5) is 24.8 Å². The number of hydrogen-bond acceptors (Lipinski definition) is 6. The summed E-state index contributed by atoms with van der Waals surface area (Å²) in [6, 6.07) is 4.61. The summed E-state index contributed by atoms with van der Waals surface area (Å²) in [5.74, 6) is -0.157. The van der Waals surface area contributed by atoms with E-state index in [0.717, 1.165) is 24.1 Å². The van der Waals surface area contributed by atoms with Gasteiger partial charge in [-0.15, -0.1) is 0 Å². The Morgan fingerprint density at radius 2 is 1.92 bits per heavy atom. The number of nitrogens with one attached hydrogen (secondary N) is 1. The molecule has 2 aliphatic rings. The highest BCUT2D eigenvalue weighted by atomic mass is 35.5. The van der Waals surface area contributed by atoms with Gasteiger partial charge in [-0.2, -0.15) is 13.2 Å². The monoisotopic (exact) mass is 557 g/mol. The van der Waals surface area contributed by atoms with Crippen LogP contribution in [0.1, 0.15) is 29.5 Å². The first-order valence-electron chi connectivity index (χ1n) is 12.3. The molecule has 2 fully saturated rings. The molecule has 1 saturated carbocycles. The molecule has 39 heavy (non-hydrogen) atoms. The van der Waals surface area contributed by atoms with E-state index in [4.69, 9.17) is 17.3 Å². The number of aromatic nitrogens is 4. The van der Waals surface area contributed by atoms with Crippen LogP contribution < -0.4 is 11.1 Å². The van der Waals surface area contributed by atoms with Crippen LogP contribution in [0.2, 0.25) is 5.15 Å². The minimum Gasteiger partial charge on any atom is -0.383 e. The van der Waals surface area contributed by atoms with Crippen LogP contribution in [-0.4, -0.2) is 48.3 Å². The smallest absolute Gasteiger partial charge is 0.383 e. The number of amides is 2. The Hall–Kier alpha value is -3.93. The van der Waals surface area contributed by atoms with Gasteiger partial charge in [-0.1, -0.05) is 17.7 Å². The van der Waals surface area contributed by atoms with Crippen molar-refractivity contribution >= 4 is 57.0 Å². The summed E-state index contributed by atoms with van der Waals surface area (Å²) in [4.78, 5) is 41.1. The molecule has 4 aromatic rings. The van der Waals surface area contributed by atoms with Crippen molar-refractivity contribution in [1.82, 2.24) is 24.4 Å². The van der Waals surface area contributed by atoms with E-state index in [0.29, 0.717) is 23.3 Å². The van der Waals surface area contributed by atoms with Gasteiger partial charge in [-0.3, -0.25) is 9.59 Å². The number of fused-ring (bicyclic) bond motifs is 4. The Bertz CT molecular complexity index is 1690. The van der Waals surface area contributed by atoms with Crippen molar-refractivity contribution in [3.63, 3.8) is 0 Å². The van der Waals surface area contributed by atoms with Crippen LogP contribution >= 0.6 is 11.6 Å². The molecule has 0 spiro atoms. The lowest BCUT2D eigenvalue weighted by Gasteiger charge is -2.27. The second-order valence-electron chi connectivity index (χ2n) is 10.1. The van der Waals surface area contributed by atoms with Crippen LogP contribution in [0.3, 0.4) is 0 Å². The van der Waals surface area contributed by atoms with Crippen molar-refractivity contribution < 1.29 is 22.8 Å². The molecule has 202 valence electrons. The van der Waals surface area contributed by atoms with Crippen molar-refractivity contribution in [3.8, 4) is 0 Å². The van der Waals surface area contributed by atoms with Gasteiger partial charge < -0.3 is 20.5 Å². The summed E-state index contributed by atoms with van der Waals surface area (Å²) in [6.07, 6.45) is -2.06. The van der Waals surface area contributed by atoms with Crippen LogP contribution in [0.15, 0.2) is 30.6 Å². The first-order valence-corrected chi connectivity index (χ1v) is 12.7. The van der Waals surface area contributed by atoms with E-state index in [9.17, 15) is 22.8 Å². The van der Waals surface area contributed by atoms with Gasteiger partial charge in [0.1, 0.15) is 41.3 Å². The quantitative estimate of drug-likeness (QED) is 0.357. The van der Waals surface area contributed by atoms with Crippen molar-refractivity contribution in [1.29, 1.82) is 0 Å². The highest BCUT2D eigenvalue weighted by Gasteiger charge is 2.56. The number of piperidine rings is 1. The van der Waals surface area contributed by atoms with Gasteiger partial charge in [0.05, 0.1) is 16.5 Å². The van der Waals surface area contributed by atoms with Gasteiger partial charge in [0, 0.05) is 11.4 Å². The number of benzene rings is 1. The fourth-order valence-electron chi connectivity index (χ4n) is 5.70. The molecule has 3 atom stereocenters. The van der Waals surface area contributed by atoms with Gasteiger partial charge in [0.2, 0.25) is 11.8 Å². The number of alkyl halides is 3. The van der Waals surface area contributed by atoms with Crippen LogP contribution in [0.5, 0.6) is 0 Å². The van der Waals surface area contributed by atoms with Crippen molar-refractivity contribution in [2.45, 2.75) is 51.5 Å². The van der Waals surface area contributed by atoms with E-state index < -0.39 is 17.8 Å². The fraction of sp³-hybridized carbons (Fsp3) is 0.346. The molecular formula is C26H23ClF3N7O2. The molecule has 0 bridgehead atoms. The molecule has 9 nitrogen and oxygen atoms in total. The molecule has 1 aromatic carbocycles. The zero-order valence-corrected chi connectivity index (χ0v) is 21.6. The van der Waals surface area contributed by atoms with E-state index in [1.165, 1.54) is 6.33 Å². The third-order valence-corrected chi connectivity index (χ3v) is 7.78. The zero-order valence-electron chi connectivity index (χ0n) is 20.9. The number of carbonyl (C=O) groups excluding carboxylic acids is 2. The van der Waals surface area contributed by atoms with Gasteiger partial charge in [-0.25, -0.2) is 15.0 Å². The summed E-state index contributed by atoms with van der Waals surface area (Å²) in [7, 11) is 0. The van der Waals surface area contributed by atoms with Crippen molar-refractivity contribution in [3.05, 3.63) is 52.4 Å². The van der Waals surface area contributed by atoms with Crippen LogP contribution in [0.25, 0.3) is 21.9 Å². The highest BCUT2D eigenvalue weighted by Crippen LogP contribution is 2.48. The summed E-state index contributed by atoms with van der Waals surface area (Å²) >= 11 is 5.99. The van der Waals surface area contributed by atoms with E-state index in [1.54, 1.807) is 35.4 Å². The second kappa shape index (κ2) is 8.80. The van der Waals surface area contributed by atoms with E-state index in [-0.39, 0.29) is 57.7 Å². The number of nitrogens with zero attached hydrogens (tertiary/aromatic N) is 5. The summed E-state index contributed by atoms with van der Waals surface area (Å²) in [5, 5.41) is 3.49. The van der Waals surface area contributed by atoms with E-state index in [2.05, 4.69) is 20.3 Å². The predicted octanol–water partition coefficient (Wildman–Crippen LogP) is 4.48. The molecule has 13 heteroatoms. The predicted molar refractivity (Wildman–Crippen MR) is 139 cm³/mol. The molecule has 3 N–H and O–H groups in total. The minimum absolute atomic E-state index is 0.0139. The maximum Gasteiger partial charge on any atom is 0.416 e. The minimum atomic E-state index is -4.57. The first kappa shape index (κ1) is 25.4. The summed E-state index contributed by atoms with van der Waals surface area (Å²) < 4.78 is 42.4. The number of aryl methyl sites for hydroxylation is 2. The Labute approximate surface area is 225 Å². The van der Waals surface area contributed by atoms with Gasteiger partial charge in [-0.05, 0) is 61.9 Å². The maximum absolute atomic E-state index is 13.8. The number of anilines is 2. The largest absolute Gasteiger partial charge is 0.416 e. The Morgan fingerprint density at radius 3 is 2.67 bits per heavy atom. The lowest BCUT2D eigenvalue weighted by Crippen LogP contribution is -2.46. The molecule has 1 saturated heterocycles. The normalized spacial score (nSPS) is 20.5. The third-order valence-electron chi connectivity index (χ3n) is 7.57. The summed E-state index contributed by atoms with van der Waals surface area (Å²) in [5.41, 5.74) is 6.94. The molecule has 1 unspecified atom stereocenters. The molecule has 1 aliphatic heterocycles. The fourth-order valence-corrected chi connectivity index (χ4v) is 5.85. The number of likely N-dealkylation sites (tertiary alicyclic amines) is 1. The lowest BCUT2D eigenvalue weighted by molar-refractivity contribution is -0.138. The molecule has 4 heterocycles. The number of nitrogen functional groups attached to an aromatic ring is 1. The van der Waals surface area contributed by atoms with Gasteiger partial charge in [0.15, 0.2) is 0 Å². The second-order valence-corrected chi connectivity index (χ2v) is 10.5. The van der Waals surface area contributed by atoms with Crippen molar-refractivity contribution in [2.24, 2.45) is 5.92 Å². The third kappa shape index (κ3) is 4.22. The van der Waals surface area contributed by atoms with E-state index in [1.807, 2.05) is 0 Å². The number of hydrogen-bond donors (Lipinski definition) is 2. The SMILES string of the molecule is Cc1ccc(Cl)nc1NC(=O)[C@@H]1CC2C[C@H]2N1C(=O)Cn1c2ncnc(N)c2c2cc(C(F)(F)F)cc(C)c21. The Balaban J connectivity index is 1.37. The molecule has 6 rings (SSSR count). The number of halogens is 4. The maximum atomic E-state index is 13.8. The van der Waals surface area contributed by atoms with Crippen LogP contribution in [0, 0.1) is 19.8 Å². The average molecular weight is 558 g/mol. The Morgan fingerprint density at radius 1 is 1.15 bits per heavy atom. The highest BCUT2D eigenvalue weighted by molar-refractivity contribution is 6.29. The molecule has 2 amide bonds. The lowest BCUT2D eigenvalue weighted by atomic mass is 10.1. The molecular weight excluding hydrogens is 535 g/mol. The number of nitrogens with two attached hydrogens (primary N) is 1. The zero-order chi connectivity index (χ0) is 27.8.